The lowest BCUT2D eigenvalue weighted by Gasteiger charge is -2.18. The summed E-state index contributed by atoms with van der Waals surface area (Å²) in [6.07, 6.45) is -0.373. The van der Waals surface area contributed by atoms with Gasteiger partial charge in [0.25, 0.3) is 0 Å². The van der Waals surface area contributed by atoms with Crippen molar-refractivity contribution < 1.29 is 14.7 Å². The number of carbonyl (C=O) groups excluding carboxylic acids is 2. The molecule has 0 bridgehead atoms. The van der Waals surface area contributed by atoms with Gasteiger partial charge in [-0.15, -0.1) is 0 Å². The summed E-state index contributed by atoms with van der Waals surface area (Å²) < 4.78 is 0. The molecule has 17 heavy (non-hydrogen) atoms. The normalized spacial score (nSPS) is 17.6. The number of anilines is 1. The van der Waals surface area contributed by atoms with E-state index in [0.717, 1.165) is 4.90 Å². The quantitative estimate of drug-likeness (QED) is 0.587. The molecular weight excluding hydrogens is 220 g/mol. The van der Waals surface area contributed by atoms with E-state index in [1.165, 1.54) is 0 Å². The van der Waals surface area contributed by atoms with E-state index in [-0.39, 0.29) is 31.2 Å². The number of aliphatic hydroxyl groups is 1. The zero-order valence-corrected chi connectivity index (χ0v) is 9.30. The Bertz CT molecular complexity index is 426. The Labute approximate surface area is 98.8 Å². The van der Waals surface area contributed by atoms with E-state index in [1.54, 1.807) is 24.3 Å². The van der Waals surface area contributed by atoms with E-state index in [9.17, 15) is 14.7 Å². The summed E-state index contributed by atoms with van der Waals surface area (Å²) >= 11 is 0. The Morgan fingerprint density at radius 1 is 1.18 bits per heavy atom. The van der Waals surface area contributed by atoms with Crippen LogP contribution in [-0.4, -0.2) is 28.4 Å². The summed E-state index contributed by atoms with van der Waals surface area (Å²) in [6, 6.07) is 6.72. The van der Waals surface area contributed by atoms with Crippen molar-refractivity contribution in [2.75, 3.05) is 12.3 Å². The number of imide groups is 1. The summed E-state index contributed by atoms with van der Waals surface area (Å²) in [5, 5.41) is 9.92. The Morgan fingerprint density at radius 2 is 1.71 bits per heavy atom. The first-order chi connectivity index (χ1) is 8.08. The highest BCUT2D eigenvalue weighted by Gasteiger charge is 2.30. The highest BCUT2D eigenvalue weighted by atomic mass is 16.3. The van der Waals surface area contributed by atoms with Crippen LogP contribution in [0.3, 0.4) is 0 Å². The molecule has 2 amide bonds. The Hall–Kier alpha value is -1.88. The molecule has 2 rings (SSSR count). The van der Waals surface area contributed by atoms with Crippen LogP contribution in [0.2, 0.25) is 0 Å². The average molecular weight is 234 g/mol. The third kappa shape index (κ3) is 2.45. The van der Waals surface area contributed by atoms with E-state index in [4.69, 9.17) is 5.73 Å². The molecule has 1 saturated heterocycles. The zero-order chi connectivity index (χ0) is 12.4. The number of hydrogen-bond acceptors (Lipinski definition) is 4. The maximum absolute atomic E-state index is 11.4. The molecule has 0 saturated carbocycles. The van der Waals surface area contributed by atoms with Gasteiger partial charge in [-0.1, -0.05) is 12.1 Å². The highest BCUT2D eigenvalue weighted by Crippen LogP contribution is 2.19. The molecule has 1 aliphatic rings. The minimum atomic E-state index is -0.860. The van der Waals surface area contributed by atoms with E-state index in [0.29, 0.717) is 11.3 Å². The summed E-state index contributed by atoms with van der Waals surface area (Å²) in [7, 11) is 0. The SMILES string of the molecule is Nc1ccc(C(O)CN2C(=O)CCC2=O)cc1. The van der Waals surface area contributed by atoms with Crippen molar-refractivity contribution in [3.63, 3.8) is 0 Å². The van der Waals surface area contributed by atoms with E-state index < -0.39 is 6.10 Å². The number of nitrogens with two attached hydrogens (primary N) is 1. The number of amides is 2. The predicted molar refractivity (Wildman–Crippen MR) is 61.8 cm³/mol. The van der Waals surface area contributed by atoms with Gasteiger partial charge in [-0.2, -0.15) is 0 Å². The van der Waals surface area contributed by atoms with E-state index >= 15 is 0 Å². The maximum atomic E-state index is 11.4. The number of carbonyl (C=O) groups is 2. The fraction of sp³-hybridized carbons (Fsp3) is 0.333. The van der Waals surface area contributed by atoms with Crippen LogP contribution in [0.4, 0.5) is 5.69 Å². The van der Waals surface area contributed by atoms with Crippen molar-refractivity contribution in [1.82, 2.24) is 4.90 Å². The van der Waals surface area contributed by atoms with Gasteiger partial charge in [0.05, 0.1) is 12.6 Å². The monoisotopic (exact) mass is 234 g/mol. The molecule has 0 aromatic heterocycles. The topological polar surface area (TPSA) is 83.6 Å². The maximum Gasteiger partial charge on any atom is 0.229 e. The zero-order valence-electron chi connectivity index (χ0n) is 9.30. The van der Waals surface area contributed by atoms with Crippen molar-refractivity contribution in [3.8, 4) is 0 Å². The first-order valence-electron chi connectivity index (χ1n) is 5.44. The number of nitrogens with zero attached hydrogens (tertiary/aromatic N) is 1. The number of likely N-dealkylation sites (tertiary alicyclic amines) is 1. The summed E-state index contributed by atoms with van der Waals surface area (Å²) in [4.78, 5) is 23.9. The molecule has 1 unspecified atom stereocenters. The van der Waals surface area contributed by atoms with Crippen LogP contribution in [0, 0.1) is 0 Å². The molecule has 1 aromatic carbocycles. The predicted octanol–water partition coefficient (Wildman–Crippen LogP) is 0.451. The Kier molecular flexibility index (Phi) is 3.10. The van der Waals surface area contributed by atoms with Crippen LogP contribution in [0.15, 0.2) is 24.3 Å². The van der Waals surface area contributed by atoms with Gasteiger partial charge < -0.3 is 10.8 Å². The molecule has 1 aromatic rings. The van der Waals surface area contributed by atoms with E-state index in [2.05, 4.69) is 0 Å². The smallest absolute Gasteiger partial charge is 0.229 e. The van der Waals surface area contributed by atoms with Crippen LogP contribution in [0.5, 0.6) is 0 Å². The lowest BCUT2D eigenvalue weighted by Crippen LogP contribution is -2.33. The summed E-state index contributed by atoms with van der Waals surface area (Å²) in [5.41, 5.74) is 6.79. The van der Waals surface area contributed by atoms with Gasteiger partial charge in [-0.05, 0) is 17.7 Å². The molecule has 5 nitrogen and oxygen atoms in total. The van der Waals surface area contributed by atoms with Crippen molar-refractivity contribution in [3.05, 3.63) is 29.8 Å². The van der Waals surface area contributed by atoms with Crippen molar-refractivity contribution in [2.45, 2.75) is 18.9 Å². The van der Waals surface area contributed by atoms with Crippen LogP contribution in [-0.2, 0) is 9.59 Å². The minimum Gasteiger partial charge on any atom is -0.399 e. The minimum absolute atomic E-state index is 0.0155. The van der Waals surface area contributed by atoms with E-state index in [1.807, 2.05) is 0 Å². The molecule has 0 aliphatic carbocycles. The highest BCUT2D eigenvalue weighted by molar-refractivity contribution is 6.01. The Morgan fingerprint density at radius 3 is 2.24 bits per heavy atom. The van der Waals surface area contributed by atoms with Crippen LogP contribution < -0.4 is 5.73 Å². The second-order valence-electron chi connectivity index (χ2n) is 4.08. The van der Waals surface area contributed by atoms with Crippen LogP contribution in [0.25, 0.3) is 0 Å². The fourth-order valence-corrected chi connectivity index (χ4v) is 1.82. The van der Waals surface area contributed by atoms with Gasteiger partial charge in [-0.3, -0.25) is 14.5 Å². The summed E-state index contributed by atoms with van der Waals surface area (Å²) in [5.74, 6) is -0.436. The molecule has 1 atom stereocenters. The molecule has 1 heterocycles. The van der Waals surface area contributed by atoms with Crippen molar-refractivity contribution in [1.29, 1.82) is 0 Å². The fourth-order valence-electron chi connectivity index (χ4n) is 1.82. The second kappa shape index (κ2) is 4.55. The van der Waals surface area contributed by atoms with Gasteiger partial charge in [0.15, 0.2) is 0 Å². The largest absolute Gasteiger partial charge is 0.399 e. The third-order valence-electron chi connectivity index (χ3n) is 2.83. The number of β-amino-alcohol motifs (C(OH)–C–C–N with tert-alkyl or cyclic N) is 1. The van der Waals surface area contributed by atoms with Crippen LogP contribution in [0.1, 0.15) is 24.5 Å². The number of aliphatic hydroxyl groups excluding tert-OH is 1. The third-order valence-corrected chi connectivity index (χ3v) is 2.83. The number of hydrogen-bond donors (Lipinski definition) is 2. The van der Waals surface area contributed by atoms with Gasteiger partial charge >= 0.3 is 0 Å². The second-order valence-corrected chi connectivity index (χ2v) is 4.08. The molecule has 0 radical (unpaired) electrons. The number of nitrogen functional groups attached to an aromatic ring is 1. The first-order valence-corrected chi connectivity index (χ1v) is 5.44. The van der Waals surface area contributed by atoms with Gasteiger partial charge in [0.2, 0.25) is 11.8 Å². The molecule has 90 valence electrons. The summed E-state index contributed by atoms with van der Waals surface area (Å²) in [6.45, 7) is 0.0155. The molecule has 3 N–H and O–H groups in total. The molecule has 0 spiro atoms. The van der Waals surface area contributed by atoms with Crippen molar-refractivity contribution in [2.24, 2.45) is 0 Å². The molecular formula is C12H14N2O3. The van der Waals surface area contributed by atoms with Crippen LogP contribution >= 0.6 is 0 Å². The first kappa shape index (κ1) is 11.6. The van der Waals surface area contributed by atoms with Gasteiger partial charge in [-0.25, -0.2) is 0 Å². The van der Waals surface area contributed by atoms with Gasteiger partial charge in [0, 0.05) is 18.5 Å². The average Bonchev–Trinajstić information content (AvgIpc) is 2.61. The molecule has 1 fully saturated rings. The lowest BCUT2D eigenvalue weighted by molar-refractivity contribution is -0.140. The van der Waals surface area contributed by atoms with Gasteiger partial charge in [0.1, 0.15) is 0 Å². The molecule has 5 heteroatoms. The molecule has 1 aliphatic heterocycles. The lowest BCUT2D eigenvalue weighted by atomic mass is 10.1. The number of benzene rings is 1. The Balaban J connectivity index is 2.06. The standard InChI is InChI=1S/C12H14N2O3/c13-9-3-1-8(2-4-9)10(15)7-14-11(16)5-6-12(14)17/h1-4,10,15H,5-7,13H2. The number of rotatable bonds is 3. The van der Waals surface area contributed by atoms with Crippen molar-refractivity contribution >= 4 is 17.5 Å².